The van der Waals surface area contributed by atoms with Gasteiger partial charge in [0, 0.05) is 29.6 Å². The van der Waals surface area contributed by atoms with Crippen LogP contribution in [-0.2, 0) is 30.5 Å². The number of carboxylic acids is 1. The molecule has 3 atom stereocenters. The minimum atomic E-state index is -1.28. The van der Waals surface area contributed by atoms with Crippen LogP contribution in [0.15, 0.2) is 63.8 Å². The second-order valence-electron chi connectivity index (χ2n) is 12.5. The van der Waals surface area contributed by atoms with Crippen molar-refractivity contribution in [3.63, 3.8) is 0 Å². The summed E-state index contributed by atoms with van der Waals surface area (Å²) in [6.07, 6.45) is -0.991. The van der Waals surface area contributed by atoms with Crippen molar-refractivity contribution in [3.05, 3.63) is 76.1 Å². The van der Waals surface area contributed by atoms with Gasteiger partial charge in [-0.25, -0.2) is 9.59 Å². The average molecular weight is 665 g/mol. The minimum Gasteiger partial charge on any atom is -0.481 e. The molecule has 0 fully saturated rings. The van der Waals surface area contributed by atoms with Crippen molar-refractivity contribution in [2.75, 3.05) is 5.32 Å². The molecule has 13 nitrogen and oxygen atoms in total. The molecule has 0 spiro atoms. The van der Waals surface area contributed by atoms with Gasteiger partial charge in [0.05, 0.1) is 0 Å². The van der Waals surface area contributed by atoms with Gasteiger partial charge in [-0.1, -0.05) is 58.0 Å². The van der Waals surface area contributed by atoms with E-state index in [2.05, 4.69) is 21.3 Å². The van der Waals surface area contributed by atoms with E-state index in [-0.39, 0.29) is 49.0 Å². The molecule has 0 saturated carbocycles. The van der Waals surface area contributed by atoms with Gasteiger partial charge >= 0.3 is 17.7 Å². The van der Waals surface area contributed by atoms with E-state index in [1.165, 1.54) is 12.1 Å². The number of aryl methyl sites for hydroxylation is 1. The number of amides is 4. The maximum absolute atomic E-state index is 13.6. The van der Waals surface area contributed by atoms with Crippen molar-refractivity contribution in [2.24, 2.45) is 11.8 Å². The third kappa shape index (κ3) is 11.9. The number of aliphatic carboxylic acids is 1. The third-order valence-corrected chi connectivity index (χ3v) is 7.37. The first-order valence-corrected chi connectivity index (χ1v) is 15.9. The highest BCUT2D eigenvalue weighted by Gasteiger charge is 2.31. The molecule has 2 aromatic carbocycles. The number of ether oxygens (including phenoxy) is 1. The maximum Gasteiger partial charge on any atom is 0.408 e. The maximum atomic E-state index is 13.6. The van der Waals surface area contributed by atoms with Gasteiger partial charge < -0.3 is 35.5 Å². The van der Waals surface area contributed by atoms with Crippen LogP contribution in [0.4, 0.5) is 10.5 Å². The lowest BCUT2D eigenvalue weighted by atomic mass is 9.99. The SMILES string of the molecule is Cc1cc(=O)oc2cc(NC(=O)[C@H](CCC(=O)O)NC(=O)[C@@H](CC(C)C)NC(=O)[C@@H](CC(C)C)NC(=O)OCc3ccccc3)ccc12. The Balaban J connectivity index is 1.74. The number of alkyl carbamates (subject to hydrolysis) is 1. The van der Waals surface area contributed by atoms with Crippen molar-refractivity contribution in [1.82, 2.24) is 16.0 Å². The van der Waals surface area contributed by atoms with Crippen molar-refractivity contribution in [1.29, 1.82) is 0 Å². The normalized spacial score (nSPS) is 13.0. The molecular formula is C35H44N4O9. The van der Waals surface area contributed by atoms with Gasteiger partial charge in [-0.3, -0.25) is 19.2 Å². The van der Waals surface area contributed by atoms with Crippen LogP contribution >= 0.6 is 0 Å². The Hall–Kier alpha value is -5.20. The van der Waals surface area contributed by atoms with Gasteiger partial charge in [0.2, 0.25) is 17.7 Å². The van der Waals surface area contributed by atoms with Crippen LogP contribution in [0.25, 0.3) is 11.0 Å². The summed E-state index contributed by atoms with van der Waals surface area (Å²) in [5, 5.41) is 20.5. The monoisotopic (exact) mass is 664 g/mol. The number of fused-ring (bicyclic) bond motifs is 1. The highest BCUT2D eigenvalue weighted by Crippen LogP contribution is 2.21. The standard InChI is InChI=1S/C35H44N4O9/c1-20(2)15-27(38-34(45)28(16-21(3)4)39-35(46)47-19-23-9-7-6-8-10-23)33(44)37-26(13-14-30(40)41)32(43)36-24-11-12-25-22(5)17-31(42)48-29(25)18-24/h6-12,17-18,20-21,26-28H,13-16,19H2,1-5H3,(H,36,43)(H,37,44)(H,38,45)(H,39,46)(H,40,41)/t26-,27+,28+/m0/s1. The molecule has 0 bridgehead atoms. The van der Waals surface area contributed by atoms with E-state index in [1.807, 2.05) is 45.9 Å². The summed E-state index contributed by atoms with van der Waals surface area (Å²) in [5.41, 5.74) is 1.43. The lowest BCUT2D eigenvalue weighted by Gasteiger charge is -2.26. The third-order valence-electron chi connectivity index (χ3n) is 7.37. The number of nitrogens with one attached hydrogen (secondary N) is 4. The van der Waals surface area contributed by atoms with Crippen LogP contribution < -0.4 is 26.9 Å². The van der Waals surface area contributed by atoms with Gasteiger partial charge in [-0.2, -0.15) is 0 Å². The van der Waals surface area contributed by atoms with Gasteiger partial charge in [-0.05, 0) is 61.3 Å². The van der Waals surface area contributed by atoms with E-state index in [1.54, 1.807) is 31.2 Å². The number of carboxylic acid groups (broad SMARTS) is 1. The predicted molar refractivity (Wildman–Crippen MR) is 179 cm³/mol. The Labute approximate surface area is 278 Å². The van der Waals surface area contributed by atoms with Crippen LogP contribution in [-0.4, -0.2) is 53.0 Å². The summed E-state index contributed by atoms with van der Waals surface area (Å²) >= 11 is 0. The van der Waals surface area contributed by atoms with Crippen LogP contribution in [0.3, 0.4) is 0 Å². The van der Waals surface area contributed by atoms with E-state index in [0.29, 0.717) is 10.9 Å². The number of benzene rings is 2. The van der Waals surface area contributed by atoms with Crippen molar-refractivity contribution in [2.45, 2.75) is 85.0 Å². The molecule has 3 rings (SSSR count). The fraction of sp³-hybridized carbons (Fsp3) is 0.429. The number of carbonyl (C=O) groups excluding carboxylic acids is 4. The molecule has 0 aliphatic rings. The molecule has 0 radical (unpaired) electrons. The lowest BCUT2D eigenvalue weighted by Crippen LogP contribution is -2.56. The number of anilines is 1. The number of rotatable bonds is 16. The zero-order valence-corrected chi connectivity index (χ0v) is 27.8. The van der Waals surface area contributed by atoms with E-state index in [0.717, 1.165) is 5.56 Å². The number of carbonyl (C=O) groups is 5. The van der Waals surface area contributed by atoms with Gasteiger partial charge in [0.25, 0.3) is 0 Å². The molecule has 0 unspecified atom stereocenters. The number of hydrogen-bond acceptors (Lipinski definition) is 8. The summed E-state index contributed by atoms with van der Waals surface area (Å²) in [5.74, 6) is -3.23. The average Bonchev–Trinajstić information content (AvgIpc) is 3.00. The zero-order valence-electron chi connectivity index (χ0n) is 27.8. The molecule has 1 heterocycles. The quantitative estimate of drug-likeness (QED) is 0.139. The van der Waals surface area contributed by atoms with Gasteiger partial charge in [-0.15, -0.1) is 0 Å². The Morgan fingerprint density at radius 2 is 1.40 bits per heavy atom. The Morgan fingerprint density at radius 3 is 2.00 bits per heavy atom. The van der Waals surface area contributed by atoms with Crippen molar-refractivity contribution < 1.29 is 38.2 Å². The van der Waals surface area contributed by atoms with Gasteiger partial charge in [0.15, 0.2) is 0 Å². The number of hydrogen-bond donors (Lipinski definition) is 5. The highest BCUT2D eigenvalue weighted by atomic mass is 16.5. The Kier molecular flexibility index (Phi) is 13.7. The molecule has 48 heavy (non-hydrogen) atoms. The Bertz CT molecular complexity index is 1650. The smallest absolute Gasteiger partial charge is 0.408 e. The summed E-state index contributed by atoms with van der Waals surface area (Å²) in [4.78, 5) is 76.3. The lowest BCUT2D eigenvalue weighted by molar-refractivity contribution is -0.137. The van der Waals surface area contributed by atoms with Crippen LogP contribution in [0.1, 0.15) is 64.5 Å². The molecule has 4 amide bonds. The second kappa shape index (κ2) is 17.6. The molecule has 0 saturated heterocycles. The molecule has 0 aliphatic heterocycles. The summed E-state index contributed by atoms with van der Waals surface area (Å²) in [6, 6.07) is 11.7. The fourth-order valence-corrected chi connectivity index (χ4v) is 5.03. The van der Waals surface area contributed by atoms with Crippen LogP contribution in [0.5, 0.6) is 0 Å². The molecule has 13 heteroatoms. The first-order valence-electron chi connectivity index (χ1n) is 15.9. The van der Waals surface area contributed by atoms with Crippen LogP contribution in [0, 0.1) is 18.8 Å². The highest BCUT2D eigenvalue weighted by molar-refractivity contribution is 6.00. The molecular weight excluding hydrogens is 620 g/mol. The zero-order chi connectivity index (χ0) is 35.4. The molecule has 5 N–H and O–H groups in total. The van der Waals surface area contributed by atoms with E-state index in [9.17, 15) is 33.9 Å². The second-order valence-corrected chi connectivity index (χ2v) is 12.5. The van der Waals surface area contributed by atoms with E-state index < -0.39 is 60.0 Å². The molecule has 258 valence electrons. The topological polar surface area (TPSA) is 193 Å². The first kappa shape index (κ1) is 37.3. The van der Waals surface area contributed by atoms with Gasteiger partial charge in [0.1, 0.15) is 30.3 Å². The predicted octanol–water partition coefficient (Wildman–Crippen LogP) is 4.26. The molecule has 3 aromatic rings. The largest absolute Gasteiger partial charge is 0.481 e. The fourth-order valence-electron chi connectivity index (χ4n) is 5.03. The summed E-state index contributed by atoms with van der Waals surface area (Å²) in [6.45, 7) is 9.23. The Morgan fingerprint density at radius 1 is 0.792 bits per heavy atom. The minimum absolute atomic E-state index is 0.00342. The summed E-state index contributed by atoms with van der Waals surface area (Å²) < 4.78 is 10.5. The molecule has 0 aliphatic carbocycles. The summed E-state index contributed by atoms with van der Waals surface area (Å²) in [7, 11) is 0. The van der Waals surface area contributed by atoms with Crippen LogP contribution in [0.2, 0.25) is 0 Å². The van der Waals surface area contributed by atoms with E-state index in [4.69, 9.17) is 9.15 Å². The molecule has 1 aromatic heterocycles. The van der Waals surface area contributed by atoms with E-state index >= 15 is 0 Å². The van der Waals surface area contributed by atoms with Crippen molar-refractivity contribution in [3.8, 4) is 0 Å². The first-order chi connectivity index (χ1) is 22.7. The van der Waals surface area contributed by atoms with Crippen molar-refractivity contribution >= 4 is 46.4 Å².